The quantitative estimate of drug-likeness (QED) is 0.845. The van der Waals surface area contributed by atoms with Gasteiger partial charge < -0.3 is 10.0 Å². The first kappa shape index (κ1) is 13.0. The Labute approximate surface area is 98.9 Å². The molecule has 0 aliphatic rings. The molecule has 0 atom stereocenters. The van der Waals surface area contributed by atoms with Crippen LogP contribution in [0.2, 0.25) is 0 Å². The number of nitrogens with zero attached hydrogens (tertiary/aromatic N) is 1. The minimum atomic E-state index is -0.661. The van der Waals surface area contributed by atoms with E-state index in [0.29, 0.717) is 12.5 Å². The molecule has 0 saturated carbocycles. The predicted octanol–water partition coefficient (Wildman–Crippen LogP) is 3.02. The van der Waals surface area contributed by atoms with Crippen LogP contribution in [0, 0.1) is 0 Å². The first-order valence-corrected chi connectivity index (χ1v) is 5.83. The molecule has 0 radical (unpaired) electrons. The smallest absolute Gasteiger partial charge is 0.0765 e. The molecule has 2 nitrogen and oxygen atoms in total. The Morgan fingerprint density at radius 2 is 1.69 bits per heavy atom. The highest BCUT2D eigenvalue weighted by molar-refractivity contribution is 5.47. The largest absolute Gasteiger partial charge is 0.389 e. The molecule has 1 aromatic carbocycles. The van der Waals surface area contributed by atoms with Crippen LogP contribution < -0.4 is 4.90 Å². The Balaban J connectivity index is 2.74. The van der Waals surface area contributed by atoms with Crippen LogP contribution in [0.25, 0.3) is 0 Å². The van der Waals surface area contributed by atoms with Crippen molar-refractivity contribution < 1.29 is 5.11 Å². The van der Waals surface area contributed by atoms with Crippen molar-refractivity contribution in [2.24, 2.45) is 0 Å². The lowest BCUT2D eigenvalue weighted by Crippen LogP contribution is -2.36. The van der Waals surface area contributed by atoms with Crippen molar-refractivity contribution in [3.8, 4) is 0 Å². The second-order valence-electron chi connectivity index (χ2n) is 5.41. The van der Waals surface area contributed by atoms with Crippen LogP contribution in [0.5, 0.6) is 0 Å². The van der Waals surface area contributed by atoms with Gasteiger partial charge in [0.1, 0.15) is 0 Å². The van der Waals surface area contributed by atoms with Crippen molar-refractivity contribution in [2.45, 2.75) is 39.2 Å². The van der Waals surface area contributed by atoms with Crippen LogP contribution >= 0.6 is 0 Å². The molecule has 1 aromatic rings. The van der Waals surface area contributed by atoms with Crippen LogP contribution in [-0.2, 0) is 0 Å². The Morgan fingerprint density at radius 1 is 1.19 bits per heavy atom. The number of rotatable bonds is 4. The van der Waals surface area contributed by atoms with E-state index in [0.717, 1.165) is 5.69 Å². The minimum absolute atomic E-state index is 0.564. The average molecular weight is 221 g/mol. The monoisotopic (exact) mass is 221 g/mol. The molecule has 0 bridgehead atoms. The average Bonchev–Trinajstić information content (AvgIpc) is 2.15. The fourth-order valence-corrected chi connectivity index (χ4v) is 1.79. The second kappa shape index (κ2) is 4.88. The molecule has 0 unspecified atom stereocenters. The van der Waals surface area contributed by atoms with Gasteiger partial charge in [-0.05, 0) is 37.5 Å². The van der Waals surface area contributed by atoms with Crippen molar-refractivity contribution in [3.63, 3.8) is 0 Å². The summed E-state index contributed by atoms with van der Waals surface area (Å²) in [6.45, 7) is 8.66. The van der Waals surface area contributed by atoms with Crippen LogP contribution in [0.15, 0.2) is 24.3 Å². The highest BCUT2D eigenvalue weighted by Crippen LogP contribution is 2.20. The summed E-state index contributed by atoms with van der Waals surface area (Å²) in [6, 6.07) is 8.53. The van der Waals surface area contributed by atoms with Gasteiger partial charge in [0.2, 0.25) is 0 Å². The first-order valence-electron chi connectivity index (χ1n) is 5.83. The predicted molar refractivity (Wildman–Crippen MR) is 70.1 cm³/mol. The van der Waals surface area contributed by atoms with Crippen LogP contribution in [0.4, 0.5) is 5.69 Å². The summed E-state index contributed by atoms with van der Waals surface area (Å²) in [5, 5.41) is 9.75. The summed E-state index contributed by atoms with van der Waals surface area (Å²) in [5.41, 5.74) is 1.83. The maximum absolute atomic E-state index is 9.75. The fourth-order valence-electron chi connectivity index (χ4n) is 1.79. The van der Waals surface area contributed by atoms with Crippen LogP contribution in [0.3, 0.4) is 0 Å². The second-order valence-corrected chi connectivity index (χ2v) is 5.41. The lowest BCUT2D eigenvalue weighted by molar-refractivity contribution is 0.0886. The van der Waals surface area contributed by atoms with E-state index in [4.69, 9.17) is 0 Å². The summed E-state index contributed by atoms with van der Waals surface area (Å²) >= 11 is 0. The van der Waals surface area contributed by atoms with Gasteiger partial charge in [0.05, 0.1) is 5.60 Å². The molecule has 16 heavy (non-hydrogen) atoms. The van der Waals surface area contributed by atoms with E-state index in [1.807, 2.05) is 20.9 Å². The standard InChI is InChI=1S/C14H23NO/c1-11(2)12-6-8-13(9-7-12)15(5)10-14(3,4)16/h6-9,11,16H,10H2,1-5H3. The maximum atomic E-state index is 9.75. The van der Waals surface area contributed by atoms with Gasteiger partial charge in [-0.25, -0.2) is 0 Å². The van der Waals surface area contributed by atoms with E-state index in [1.165, 1.54) is 5.56 Å². The van der Waals surface area contributed by atoms with E-state index >= 15 is 0 Å². The molecular weight excluding hydrogens is 198 g/mol. The summed E-state index contributed by atoms with van der Waals surface area (Å²) in [5.74, 6) is 0.564. The van der Waals surface area contributed by atoms with E-state index in [-0.39, 0.29) is 0 Å². The third-order valence-corrected chi connectivity index (χ3v) is 2.62. The molecule has 0 amide bonds. The summed E-state index contributed by atoms with van der Waals surface area (Å²) < 4.78 is 0. The summed E-state index contributed by atoms with van der Waals surface area (Å²) in [7, 11) is 2.00. The van der Waals surface area contributed by atoms with Crippen LogP contribution in [0.1, 0.15) is 39.2 Å². The fraction of sp³-hybridized carbons (Fsp3) is 0.571. The lowest BCUT2D eigenvalue weighted by atomic mass is 10.0. The number of hydrogen-bond acceptors (Lipinski definition) is 2. The lowest BCUT2D eigenvalue weighted by Gasteiger charge is -2.27. The zero-order valence-corrected chi connectivity index (χ0v) is 11.0. The van der Waals surface area contributed by atoms with Crippen molar-refractivity contribution >= 4 is 5.69 Å². The number of likely N-dealkylation sites (N-methyl/N-ethyl adjacent to an activating group) is 1. The summed E-state index contributed by atoms with van der Waals surface area (Å²) in [4.78, 5) is 2.07. The van der Waals surface area contributed by atoms with E-state index in [2.05, 4.69) is 43.0 Å². The van der Waals surface area contributed by atoms with Gasteiger partial charge in [0, 0.05) is 19.3 Å². The van der Waals surface area contributed by atoms with Crippen molar-refractivity contribution in [1.29, 1.82) is 0 Å². The van der Waals surface area contributed by atoms with Crippen molar-refractivity contribution in [1.82, 2.24) is 0 Å². The zero-order valence-electron chi connectivity index (χ0n) is 11.0. The number of aliphatic hydroxyl groups is 1. The molecule has 0 saturated heterocycles. The molecule has 0 aromatic heterocycles. The molecule has 1 rings (SSSR count). The molecule has 0 spiro atoms. The molecule has 0 heterocycles. The van der Waals surface area contributed by atoms with Crippen molar-refractivity contribution in [3.05, 3.63) is 29.8 Å². The number of anilines is 1. The molecule has 2 heteroatoms. The van der Waals surface area contributed by atoms with Gasteiger partial charge in [0.15, 0.2) is 0 Å². The number of hydrogen-bond donors (Lipinski definition) is 1. The third-order valence-electron chi connectivity index (χ3n) is 2.62. The van der Waals surface area contributed by atoms with Crippen molar-refractivity contribution in [2.75, 3.05) is 18.5 Å². The SMILES string of the molecule is CC(C)c1ccc(N(C)CC(C)(C)O)cc1. The van der Waals surface area contributed by atoms with E-state index < -0.39 is 5.60 Å². The zero-order chi connectivity index (χ0) is 12.3. The van der Waals surface area contributed by atoms with Gasteiger partial charge in [-0.3, -0.25) is 0 Å². The normalized spacial score (nSPS) is 11.9. The maximum Gasteiger partial charge on any atom is 0.0765 e. The molecule has 1 N–H and O–H groups in total. The van der Waals surface area contributed by atoms with Gasteiger partial charge in [-0.2, -0.15) is 0 Å². The Bertz CT molecular complexity index is 322. The first-order chi connectivity index (χ1) is 7.29. The third kappa shape index (κ3) is 3.86. The Morgan fingerprint density at radius 3 is 2.06 bits per heavy atom. The van der Waals surface area contributed by atoms with Gasteiger partial charge in [0.25, 0.3) is 0 Å². The van der Waals surface area contributed by atoms with E-state index in [1.54, 1.807) is 0 Å². The molecule has 0 aliphatic heterocycles. The van der Waals surface area contributed by atoms with Gasteiger partial charge in [-0.15, -0.1) is 0 Å². The highest BCUT2D eigenvalue weighted by Gasteiger charge is 2.15. The van der Waals surface area contributed by atoms with Crippen LogP contribution in [-0.4, -0.2) is 24.3 Å². The van der Waals surface area contributed by atoms with E-state index in [9.17, 15) is 5.11 Å². The molecular formula is C14H23NO. The molecule has 90 valence electrons. The van der Waals surface area contributed by atoms with Gasteiger partial charge in [-0.1, -0.05) is 26.0 Å². The Kier molecular flexibility index (Phi) is 3.98. The Hall–Kier alpha value is -1.02. The number of benzene rings is 1. The molecule has 0 aliphatic carbocycles. The summed E-state index contributed by atoms with van der Waals surface area (Å²) in [6.07, 6.45) is 0. The minimum Gasteiger partial charge on any atom is -0.389 e. The highest BCUT2D eigenvalue weighted by atomic mass is 16.3. The topological polar surface area (TPSA) is 23.5 Å². The molecule has 0 fully saturated rings. The van der Waals surface area contributed by atoms with Gasteiger partial charge >= 0.3 is 0 Å².